The Bertz CT molecular complexity index is 1780. The van der Waals surface area contributed by atoms with E-state index in [0.29, 0.717) is 38.6 Å². The molecule has 0 aliphatic heterocycles. The van der Waals surface area contributed by atoms with Crippen molar-refractivity contribution in [1.82, 2.24) is 14.3 Å². The third-order valence-electron chi connectivity index (χ3n) is 6.22. The molecule has 3 aromatic carbocycles. The van der Waals surface area contributed by atoms with E-state index in [2.05, 4.69) is 11.7 Å². The largest absolute Gasteiger partial charge is 0.497 e. The number of hydrogen-bond acceptors (Lipinski definition) is 4. The molecule has 0 bridgehead atoms. The van der Waals surface area contributed by atoms with Crippen LogP contribution in [0.25, 0.3) is 35.1 Å². The number of H-pyrrole nitrogens is 1. The van der Waals surface area contributed by atoms with Crippen LogP contribution in [-0.2, 0) is 0 Å². The highest BCUT2D eigenvalue weighted by atomic mass is 16.5. The quantitative estimate of drug-likeness (QED) is 0.422. The Kier molecular flexibility index (Phi) is 5.82. The number of nitrogens with one attached hydrogen (secondary N) is 1. The van der Waals surface area contributed by atoms with Crippen LogP contribution in [0.2, 0.25) is 0 Å². The van der Waals surface area contributed by atoms with Crippen molar-refractivity contribution in [3.8, 4) is 17.1 Å². The average Bonchev–Trinajstić information content (AvgIpc) is 3.24. The summed E-state index contributed by atoms with van der Waals surface area (Å²) in [5.74, 6) is 0.667. The van der Waals surface area contributed by atoms with Gasteiger partial charge in [0, 0.05) is 25.0 Å². The van der Waals surface area contributed by atoms with Crippen LogP contribution in [0.3, 0.4) is 0 Å². The highest BCUT2D eigenvalue weighted by Gasteiger charge is 2.17. The first-order chi connectivity index (χ1) is 17.4. The zero-order valence-electron chi connectivity index (χ0n) is 20.4. The Morgan fingerprint density at radius 1 is 0.861 bits per heavy atom. The first-order valence-corrected chi connectivity index (χ1v) is 11.5. The van der Waals surface area contributed by atoms with E-state index in [0.717, 1.165) is 11.3 Å². The second-order valence-electron chi connectivity index (χ2n) is 8.67. The molecule has 0 unspecified atom stereocenters. The molecule has 7 heteroatoms. The lowest BCUT2D eigenvalue weighted by Gasteiger charge is -2.12. The first kappa shape index (κ1) is 23.0. The highest BCUT2D eigenvalue weighted by Crippen LogP contribution is 2.17. The van der Waals surface area contributed by atoms with Crippen molar-refractivity contribution in [1.29, 1.82) is 0 Å². The fourth-order valence-electron chi connectivity index (χ4n) is 4.27. The predicted octanol–water partition coefficient (Wildman–Crippen LogP) is 2.78. The van der Waals surface area contributed by atoms with E-state index in [1.807, 2.05) is 73.6 Å². The number of para-hydroxylation sites is 1. The van der Waals surface area contributed by atoms with Gasteiger partial charge in [-0.15, -0.1) is 0 Å². The van der Waals surface area contributed by atoms with E-state index in [9.17, 15) is 9.59 Å². The maximum Gasteiger partial charge on any atom is 0.281 e. The molecule has 0 saturated carbocycles. The van der Waals surface area contributed by atoms with Gasteiger partial charge in [-0.25, -0.2) is 4.68 Å². The lowest BCUT2D eigenvalue weighted by Crippen LogP contribution is -2.45. The molecular formula is C29H26N4O3. The number of anilines is 1. The second kappa shape index (κ2) is 9.11. The van der Waals surface area contributed by atoms with Crippen molar-refractivity contribution in [3.05, 3.63) is 116 Å². The highest BCUT2D eigenvalue weighted by molar-refractivity contribution is 5.78. The van der Waals surface area contributed by atoms with Crippen LogP contribution in [0, 0.1) is 0 Å². The fourth-order valence-corrected chi connectivity index (χ4v) is 4.27. The topological polar surface area (TPSA) is 72.3 Å². The first-order valence-electron chi connectivity index (χ1n) is 11.5. The van der Waals surface area contributed by atoms with Gasteiger partial charge < -0.3 is 9.64 Å². The van der Waals surface area contributed by atoms with Gasteiger partial charge in [0.05, 0.1) is 23.9 Å². The summed E-state index contributed by atoms with van der Waals surface area (Å²) in [6, 6.07) is 24.2. The molecule has 5 aromatic rings. The molecule has 7 nitrogen and oxygen atoms in total. The zero-order valence-corrected chi connectivity index (χ0v) is 20.4. The van der Waals surface area contributed by atoms with Crippen LogP contribution in [0.1, 0.15) is 5.56 Å². The molecule has 0 spiro atoms. The van der Waals surface area contributed by atoms with Crippen molar-refractivity contribution >= 4 is 29.4 Å². The van der Waals surface area contributed by atoms with Crippen LogP contribution in [0.5, 0.6) is 5.75 Å². The standard InChI is InChI=1S/C29H26N4O3/c1-19-25(18-20-10-12-21(13-11-20)31(2)3)28(34)32(22-14-16-24(36-4)17-15-22)27-26(19)29(35)33(30-27)23-8-6-5-7-9-23/h5-18,30H,1H2,2-4H3. The van der Waals surface area contributed by atoms with E-state index in [-0.39, 0.29) is 11.1 Å². The minimum atomic E-state index is -0.282. The molecule has 0 saturated heterocycles. The zero-order chi connectivity index (χ0) is 25.4. The Morgan fingerprint density at radius 3 is 2.14 bits per heavy atom. The summed E-state index contributed by atoms with van der Waals surface area (Å²) in [5, 5.41) is 4.23. The van der Waals surface area contributed by atoms with Crippen molar-refractivity contribution in [2.24, 2.45) is 0 Å². The molecule has 0 atom stereocenters. The van der Waals surface area contributed by atoms with Gasteiger partial charge >= 0.3 is 0 Å². The number of benzene rings is 3. The summed E-state index contributed by atoms with van der Waals surface area (Å²) in [7, 11) is 5.53. The molecule has 2 aromatic heterocycles. The van der Waals surface area contributed by atoms with Gasteiger partial charge in [0.2, 0.25) is 0 Å². The number of nitrogens with zero attached hydrogens (tertiary/aromatic N) is 3. The number of pyridine rings is 1. The summed E-state index contributed by atoms with van der Waals surface area (Å²) in [4.78, 5) is 29.5. The average molecular weight is 479 g/mol. The number of ether oxygens (including phenoxy) is 1. The van der Waals surface area contributed by atoms with Gasteiger partial charge in [-0.1, -0.05) is 36.9 Å². The molecular weight excluding hydrogens is 452 g/mol. The minimum absolute atomic E-state index is 0.277. The van der Waals surface area contributed by atoms with E-state index in [1.165, 1.54) is 9.25 Å². The van der Waals surface area contributed by atoms with Crippen molar-refractivity contribution in [3.63, 3.8) is 0 Å². The Labute approximate surface area is 207 Å². The SMILES string of the molecule is C=c1c(=Cc2ccc(N(C)C)cc2)c(=O)n(-c2ccc(OC)cc2)c2[nH]n(-c3ccccc3)c(=O)c12. The fraction of sp³-hybridized carbons (Fsp3) is 0.103. The van der Waals surface area contributed by atoms with Crippen molar-refractivity contribution < 1.29 is 4.74 Å². The van der Waals surface area contributed by atoms with E-state index in [1.54, 1.807) is 37.5 Å². The molecule has 0 fully saturated rings. The lowest BCUT2D eigenvalue weighted by atomic mass is 10.1. The van der Waals surface area contributed by atoms with Gasteiger partial charge in [-0.05, 0) is 65.4 Å². The van der Waals surface area contributed by atoms with E-state index >= 15 is 0 Å². The van der Waals surface area contributed by atoms with Gasteiger partial charge in [0.15, 0.2) is 0 Å². The predicted molar refractivity (Wildman–Crippen MR) is 145 cm³/mol. The molecule has 0 amide bonds. The Balaban J connectivity index is 1.86. The summed E-state index contributed by atoms with van der Waals surface area (Å²) < 4.78 is 8.24. The maximum absolute atomic E-state index is 13.9. The maximum atomic E-state index is 13.9. The smallest absolute Gasteiger partial charge is 0.281 e. The molecule has 36 heavy (non-hydrogen) atoms. The van der Waals surface area contributed by atoms with Gasteiger partial charge in [0.1, 0.15) is 11.4 Å². The molecule has 5 rings (SSSR count). The Hall–Kier alpha value is -4.78. The van der Waals surface area contributed by atoms with E-state index < -0.39 is 0 Å². The molecule has 0 aliphatic carbocycles. The second-order valence-corrected chi connectivity index (χ2v) is 8.67. The van der Waals surface area contributed by atoms with Gasteiger partial charge in [-0.2, -0.15) is 0 Å². The monoisotopic (exact) mass is 478 g/mol. The van der Waals surface area contributed by atoms with Crippen LogP contribution < -0.4 is 31.2 Å². The van der Waals surface area contributed by atoms with Crippen LogP contribution >= 0.6 is 0 Å². The van der Waals surface area contributed by atoms with Crippen LogP contribution in [-0.4, -0.2) is 35.6 Å². The molecule has 2 heterocycles. The number of hydrogen-bond donors (Lipinski definition) is 1. The summed E-state index contributed by atoms with van der Waals surface area (Å²) in [5.41, 5.74) is 2.97. The molecule has 0 radical (unpaired) electrons. The molecule has 0 aliphatic rings. The van der Waals surface area contributed by atoms with E-state index in [4.69, 9.17) is 4.74 Å². The minimum Gasteiger partial charge on any atom is -0.497 e. The number of aromatic amines is 1. The third-order valence-corrected chi connectivity index (χ3v) is 6.22. The number of methoxy groups -OCH3 is 1. The summed E-state index contributed by atoms with van der Waals surface area (Å²) in [6.45, 7) is 4.18. The van der Waals surface area contributed by atoms with Gasteiger partial charge in [0.25, 0.3) is 11.1 Å². The number of fused-ring (bicyclic) bond motifs is 1. The normalized spacial score (nSPS) is 11.7. The van der Waals surface area contributed by atoms with Crippen LogP contribution in [0.15, 0.2) is 88.5 Å². The number of rotatable bonds is 5. The Morgan fingerprint density at radius 2 is 1.53 bits per heavy atom. The third kappa shape index (κ3) is 3.90. The number of aromatic nitrogens is 3. The van der Waals surface area contributed by atoms with Gasteiger partial charge in [-0.3, -0.25) is 19.3 Å². The van der Waals surface area contributed by atoms with Crippen LogP contribution in [0.4, 0.5) is 5.69 Å². The van der Waals surface area contributed by atoms with Crippen molar-refractivity contribution in [2.75, 3.05) is 26.1 Å². The lowest BCUT2D eigenvalue weighted by molar-refractivity contribution is 0.414. The molecule has 180 valence electrons. The molecule has 1 N–H and O–H groups in total. The van der Waals surface area contributed by atoms with Crippen molar-refractivity contribution in [2.45, 2.75) is 0 Å². The summed E-state index contributed by atoms with van der Waals surface area (Å²) in [6.07, 6.45) is 1.78. The summed E-state index contributed by atoms with van der Waals surface area (Å²) >= 11 is 0.